The Morgan fingerprint density at radius 1 is 1.44 bits per heavy atom. The molecule has 0 radical (unpaired) electrons. The molecule has 0 aromatic carbocycles. The van der Waals surface area contributed by atoms with Crippen molar-refractivity contribution in [2.45, 2.75) is 51.6 Å². The molecule has 2 N–H and O–H groups in total. The van der Waals surface area contributed by atoms with Gasteiger partial charge in [-0.15, -0.1) is 0 Å². The topological polar surface area (TPSA) is 69.6 Å². The Kier molecular flexibility index (Phi) is 3.78. The summed E-state index contributed by atoms with van der Waals surface area (Å²) < 4.78 is 0. The van der Waals surface area contributed by atoms with Gasteiger partial charge in [-0.05, 0) is 33.6 Å². The first-order chi connectivity index (χ1) is 7.35. The highest BCUT2D eigenvalue weighted by molar-refractivity contribution is 5.77. The van der Waals surface area contributed by atoms with Crippen molar-refractivity contribution in [2.24, 2.45) is 0 Å². The van der Waals surface area contributed by atoms with Crippen molar-refractivity contribution < 1.29 is 14.7 Å². The van der Waals surface area contributed by atoms with Crippen LogP contribution in [0, 0.1) is 0 Å². The summed E-state index contributed by atoms with van der Waals surface area (Å²) in [6, 6.07) is 0.196. The number of nitrogens with one attached hydrogen (secondary N) is 1. The molecule has 92 valence electrons. The van der Waals surface area contributed by atoms with Crippen molar-refractivity contribution in [3.8, 4) is 0 Å². The molecule has 1 rings (SSSR count). The summed E-state index contributed by atoms with van der Waals surface area (Å²) in [6.45, 7) is 6.04. The summed E-state index contributed by atoms with van der Waals surface area (Å²) in [5.41, 5.74) is -0.703. The molecule has 2 amide bonds. The Hall–Kier alpha value is -1.26. The van der Waals surface area contributed by atoms with Crippen LogP contribution in [-0.4, -0.2) is 40.1 Å². The number of carboxylic acid groups (broad SMARTS) is 1. The number of carbonyl (C=O) groups is 2. The van der Waals surface area contributed by atoms with Gasteiger partial charge < -0.3 is 15.3 Å². The van der Waals surface area contributed by atoms with Crippen LogP contribution in [0.1, 0.15) is 40.0 Å². The third-order valence-corrected chi connectivity index (χ3v) is 2.63. The number of hydrogen-bond donors (Lipinski definition) is 2. The van der Waals surface area contributed by atoms with Crippen LogP contribution in [0.3, 0.4) is 0 Å². The third kappa shape index (κ3) is 3.72. The first kappa shape index (κ1) is 12.8. The lowest BCUT2D eigenvalue weighted by molar-refractivity contribution is -0.138. The fourth-order valence-corrected chi connectivity index (χ4v) is 1.74. The molecule has 5 nitrogen and oxygen atoms in total. The predicted molar refractivity (Wildman–Crippen MR) is 60.3 cm³/mol. The van der Waals surface area contributed by atoms with Crippen molar-refractivity contribution in [3.05, 3.63) is 0 Å². The molecule has 1 saturated carbocycles. The van der Waals surface area contributed by atoms with Crippen LogP contribution in [0.4, 0.5) is 4.79 Å². The molecular formula is C11H20N2O3. The fourth-order valence-electron chi connectivity index (χ4n) is 1.74. The average molecular weight is 228 g/mol. The lowest BCUT2D eigenvalue weighted by Crippen LogP contribution is -2.51. The van der Waals surface area contributed by atoms with Crippen LogP contribution < -0.4 is 5.32 Å². The Labute approximate surface area is 95.8 Å². The molecule has 0 aliphatic heterocycles. The Morgan fingerprint density at radius 2 is 2.00 bits per heavy atom. The maximum atomic E-state index is 11.9. The smallest absolute Gasteiger partial charge is 0.318 e. The van der Waals surface area contributed by atoms with Crippen LogP contribution in [0.2, 0.25) is 0 Å². The summed E-state index contributed by atoms with van der Waals surface area (Å²) in [4.78, 5) is 24.3. The molecule has 1 fully saturated rings. The number of amides is 2. The minimum absolute atomic E-state index is 0.0685. The number of carboxylic acids is 1. The first-order valence-electron chi connectivity index (χ1n) is 5.66. The summed E-state index contributed by atoms with van der Waals surface area (Å²) >= 11 is 0. The molecule has 1 aliphatic rings. The summed E-state index contributed by atoms with van der Waals surface area (Å²) in [5.74, 6) is -0.903. The highest BCUT2D eigenvalue weighted by Gasteiger charge is 2.34. The third-order valence-electron chi connectivity index (χ3n) is 2.63. The average Bonchev–Trinajstić information content (AvgIpc) is 2.85. The van der Waals surface area contributed by atoms with Crippen molar-refractivity contribution in [1.29, 1.82) is 0 Å². The van der Waals surface area contributed by atoms with E-state index in [1.807, 2.05) is 6.92 Å². The predicted octanol–water partition coefficient (Wildman–Crippen LogP) is 1.43. The van der Waals surface area contributed by atoms with Crippen molar-refractivity contribution in [2.75, 3.05) is 6.54 Å². The van der Waals surface area contributed by atoms with E-state index in [0.717, 1.165) is 12.8 Å². The van der Waals surface area contributed by atoms with Gasteiger partial charge in [0.25, 0.3) is 0 Å². The molecule has 0 saturated heterocycles. The maximum Gasteiger partial charge on any atom is 0.318 e. The summed E-state index contributed by atoms with van der Waals surface area (Å²) in [6.07, 6.45) is 2.04. The van der Waals surface area contributed by atoms with Gasteiger partial charge in [-0.25, -0.2) is 4.79 Å². The van der Waals surface area contributed by atoms with Crippen molar-refractivity contribution in [3.63, 3.8) is 0 Å². The zero-order chi connectivity index (χ0) is 12.3. The second-order valence-electron chi connectivity index (χ2n) is 4.90. The highest BCUT2D eigenvalue weighted by atomic mass is 16.4. The van der Waals surface area contributed by atoms with Gasteiger partial charge in [0, 0.05) is 18.1 Å². The van der Waals surface area contributed by atoms with Gasteiger partial charge in [-0.2, -0.15) is 0 Å². The number of carbonyl (C=O) groups excluding carboxylic acids is 1. The maximum absolute atomic E-state index is 11.9. The van der Waals surface area contributed by atoms with Gasteiger partial charge in [-0.1, -0.05) is 0 Å². The normalized spacial score (nSPS) is 15.7. The quantitative estimate of drug-likeness (QED) is 0.748. The molecule has 0 aromatic heterocycles. The van der Waals surface area contributed by atoms with E-state index in [1.54, 1.807) is 18.7 Å². The Bertz CT molecular complexity index is 285. The van der Waals surface area contributed by atoms with Crippen molar-refractivity contribution in [1.82, 2.24) is 10.2 Å². The van der Waals surface area contributed by atoms with Crippen LogP contribution >= 0.6 is 0 Å². The Morgan fingerprint density at radius 3 is 2.38 bits per heavy atom. The second-order valence-corrected chi connectivity index (χ2v) is 4.90. The Balaban J connectivity index is 2.51. The zero-order valence-corrected chi connectivity index (χ0v) is 10.1. The SMILES string of the molecule is CCN(C(=O)NC(C)(C)CC(=O)O)C1CC1. The second kappa shape index (κ2) is 4.72. The molecule has 0 aromatic rings. The summed E-state index contributed by atoms with van der Waals surface area (Å²) in [5, 5.41) is 11.5. The molecule has 1 aliphatic carbocycles. The van der Waals surface area contributed by atoms with Crippen molar-refractivity contribution >= 4 is 12.0 Å². The van der Waals surface area contributed by atoms with Gasteiger partial charge in [0.05, 0.1) is 6.42 Å². The molecule has 0 atom stereocenters. The monoisotopic (exact) mass is 228 g/mol. The lowest BCUT2D eigenvalue weighted by Gasteiger charge is -2.29. The molecular weight excluding hydrogens is 208 g/mol. The number of nitrogens with zero attached hydrogens (tertiary/aromatic N) is 1. The van der Waals surface area contributed by atoms with Crippen LogP contribution in [-0.2, 0) is 4.79 Å². The van der Waals surface area contributed by atoms with E-state index in [0.29, 0.717) is 12.6 Å². The number of hydrogen-bond acceptors (Lipinski definition) is 2. The number of aliphatic carboxylic acids is 1. The van der Waals surface area contributed by atoms with E-state index in [-0.39, 0.29) is 12.5 Å². The van der Waals surface area contributed by atoms with Gasteiger partial charge in [0.2, 0.25) is 0 Å². The number of rotatable bonds is 5. The summed E-state index contributed by atoms with van der Waals surface area (Å²) in [7, 11) is 0. The van der Waals surface area contributed by atoms with E-state index in [9.17, 15) is 9.59 Å². The standard InChI is InChI=1S/C11H20N2O3/c1-4-13(8-5-6-8)10(16)12-11(2,3)7-9(14)15/h8H,4-7H2,1-3H3,(H,12,16)(H,14,15). The first-order valence-corrected chi connectivity index (χ1v) is 5.66. The van der Waals surface area contributed by atoms with Gasteiger partial charge in [0.1, 0.15) is 0 Å². The van der Waals surface area contributed by atoms with Crippen LogP contribution in [0.5, 0.6) is 0 Å². The molecule has 0 spiro atoms. The molecule has 16 heavy (non-hydrogen) atoms. The zero-order valence-electron chi connectivity index (χ0n) is 10.1. The van der Waals surface area contributed by atoms with E-state index < -0.39 is 11.5 Å². The van der Waals surface area contributed by atoms with Gasteiger partial charge in [0.15, 0.2) is 0 Å². The van der Waals surface area contributed by atoms with Gasteiger partial charge >= 0.3 is 12.0 Å². The van der Waals surface area contributed by atoms with E-state index in [1.165, 1.54) is 0 Å². The van der Waals surface area contributed by atoms with Gasteiger partial charge in [-0.3, -0.25) is 4.79 Å². The fraction of sp³-hybridized carbons (Fsp3) is 0.818. The van der Waals surface area contributed by atoms with E-state index >= 15 is 0 Å². The van der Waals surface area contributed by atoms with Crippen LogP contribution in [0.15, 0.2) is 0 Å². The largest absolute Gasteiger partial charge is 0.481 e. The molecule has 5 heteroatoms. The minimum Gasteiger partial charge on any atom is -0.481 e. The van der Waals surface area contributed by atoms with Crippen LogP contribution in [0.25, 0.3) is 0 Å². The highest BCUT2D eigenvalue weighted by Crippen LogP contribution is 2.26. The number of urea groups is 1. The molecule has 0 bridgehead atoms. The van der Waals surface area contributed by atoms with E-state index in [4.69, 9.17) is 5.11 Å². The lowest BCUT2D eigenvalue weighted by atomic mass is 10.0. The minimum atomic E-state index is -0.903. The molecule has 0 heterocycles. The molecule has 0 unspecified atom stereocenters. The van der Waals surface area contributed by atoms with E-state index in [2.05, 4.69) is 5.32 Å².